The molecule has 0 spiro atoms. The van der Waals surface area contributed by atoms with Crippen molar-refractivity contribution in [1.82, 2.24) is 5.32 Å². The van der Waals surface area contributed by atoms with Gasteiger partial charge in [-0.15, -0.1) is 0 Å². The highest BCUT2D eigenvalue weighted by Crippen LogP contribution is 2.29. The van der Waals surface area contributed by atoms with Gasteiger partial charge in [-0.05, 0) is 20.3 Å². The number of aliphatic hydroxyl groups excluding tert-OH is 7. The number of rotatable bonds is 6. The molecule has 1 fully saturated rings. The topological polar surface area (TPSA) is 200 Å². The largest absolute Gasteiger partial charge is 0.395 e. The first kappa shape index (κ1) is 23.6. The quantitative estimate of drug-likeness (QED) is 0.220. The van der Waals surface area contributed by atoms with Gasteiger partial charge in [0, 0.05) is 11.6 Å². The van der Waals surface area contributed by atoms with Crippen LogP contribution in [0.2, 0.25) is 0 Å². The number of hydrogen-bond donors (Lipinski definition) is 10. The summed E-state index contributed by atoms with van der Waals surface area (Å²) in [5.41, 5.74) is 2.94. The summed E-state index contributed by atoms with van der Waals surface area (Å²) in [6, 6.07) is -1.60. The van der Waals surface area contributed by atoms with Crippen LogP contribution in [0.25, 0.3) is 0 Å². The average molecular weight is 356 g/mol. The van der Waals surface area contributed by atoms with E-state index in [2.05, 4.69) is 5.32 Å². The minimum Gasteiger partial charge on any atom is -0.395 e. The Kier molecular flexibility index (Phi) is 9.76. The Hall–Kier alpha value is -0.400. The molecule has 0 aromatic carbocycles. The van der Waals surface area contributed by atoms with Crippen LogP contribution < -0.4 is 11.1 Å². The van der Waals surface area contributed by atoms with E-state index < -0.39 is 61.4 Å². The Labute approximate surface area is 141 Å². The number of nitrogens with two attached hydrogens (primary N) is 1. The molecule has 1 saturated carbocycles. The van der Waals surface area contributed by atoms with E-state index in [4.69, 9.17) is 26.2 Å². The first-order chi connectivity index (χ1) is 11.0. The average Bonchev–Trinajstić information content (AvgIpc) is 2.55. The lowest BCUT2D eigenvalue weighted by Gasteiger charge is -2.46. The second-order valence-electron chi connectivity index (χ2n) is 6.87. The normalized spacial score (nSPS) is 34.0. The van der Waals surface area contributed by atoms with Gasteiger partial charge in [-0.3, -0.25) is 0 Å². The van der Waals surface area contributed by atoms with Crippen LogP contribution in [-0.2, 0) is 0 Å². The van der Waals surface area contributed by atoms with Crippen molar-refractivity contribution in [3.63, 3.8) is 0 Å². The Bertz CT molecular complexity index is 350. The van der Waals surface area contributed by atoms with Crippen molar-refractivity contribution in [2.75, 3.05) is 26.4 Å². The summed E-state index contributed by atoms with van der Waals surface area (Å²) >= 11 is 0. The molecular formula is C14H32N2O8. The Morgan fingerprint density at radius 1 is 1.08 bits per heavy atom. The van der Waals surface area contributed by atoms with Crippen LogP contribution in [0.4, 0.5) is 0 Å². The van der Waals surface area contributed by atoms with Crippen molar-refractivity contribution in [2.24, 2.45) is 5.73 Å². The molecule has 1 aliphatic rings. The highest BCUT2D eigenvalue weighted by molar-refractivity contribution is 5.05. The maximum absolute atomic E-state index is 9.93. The molecule has 0 unspecified atom stereocenters. The highest BCUT2D eigenvalue weighted by Gasteiger charge is 2.51. The van der Waals surface area contributed by atoms with Gasteiger partial charge >= 0.3 is 0 Å². The molecule has 10 nitrogen and oxygen atoms in total. The smallest absolute Gasteiger partial charge is 0.118 e. The summed E-state index contributed by atoms with van der Waals surface area (Å²) in [6.45, 7) is 2.03. The van der Waals surface area contributed by atoms with Gasteiger partial charge in [0.05, 0.1) is 38.6 Å². The third kappa shape index (κ3) is 6.84. The summed E-state index contributed by atoms with van der Waals surface area (Å²) in [5, 5.41) is 76.7. The van der Waals surface area contributed by atoms with Gasteiger partial charge in [0.1, 0.15) is 17.8 Å². The van der Waals surface area contributed by atoms with Gasteiger partial charge in [-0.25, -0.2) is 0 Å². The van der Waals surface area contributed by atoms with Gasteiger partial charge in [0.15, 0.2) is 0 Å². The standard InChI is InChI=1S/C10H21NO7.C4H11NO/c12-2-5(3-13)11-6-1-10(18,4-14)9(17)8(16)7(6)15;1-4(2,5)3-6/h5-9,11-18H,1-4H2;6H,3,5H2,1-2H3/t6-,7-,8+,9-,10-;/m0./s1. The Balaban J connectivity index is 0.000000754. The summed E-state index contributed by atoms with van der Waals surface area (Å²) < 4.78 is 0. The van der Waals surface area contributed by atoms with E-state index in [1.165, 1.54) is 0 Å². The van der Waals surface area contributed by atoms with Gasteiger partial charge in [-0.1, -0.05) is 0 Å². The van der Waals surface area contributed by atoms with Gasteiger partial charge < -0.3 is 51.9 Å². The molecule has 0 amide bonds. The molecule has 0 radical (unpaired) electrons. The monoisotopic (exact) mass is 356 g/mol. The SMILES string of the molecule is CC(C)(N)CO.OCC(CO)N[C@H]1C[C@](O)(CO)[C@@H](O)[C@H](O)[C@H]1O. The lowest BCUT2D eigenvalue weighted by molar-refractivity contribution is -0.207. The summed E-state index contributed by atoms with van der Waals surface area (Å²) in [7, 11) is 0. The Morgan fingerprint density at radius 3 is 1.88 bits per heavy atom. The third-order valence-corrected chi connectivity index (χ3v) is 3.78. The van der Waals surface area contributed by atoms with E-state index in [1.54, 1.807) is 13.8 Å². The number of hydrogen-bond acceptors (Lipinski definition) is 10. The van der Waals surface area contributed by atoms with Gasteiger partial charge in [-0.2, -0.15) is 0 Å². The summed E-state index contributed by atoms with van der Waals surface area (Å²) in [6.07, 6.45) is -4.91. The van der Waals surface area contributed by atoms with Crippen molar-refractivity contribution in [2.45, 2.75) is 61.8 Å². The van der Waals surface area contributed by atoms with Crippen LogP contribution in [0.1, 0.15) is 20.3 Å². The molecule has 0 bridgehead atoms. The van der Waals surface area contributed by atoms with E-state index >= 15 is 0 Å². The van der Waals surface area contributed by atoms with E-state index in [0.717, 1.165) is 0 Å². The molecule has 24 heavy (non-hydrogen) atoms. The molecule has 0 aliphatic heterocycles. The van der Waals surface area contributed by atoms with E-state index in [0.29, 0.717) is 0 Å². The van der Waals surface area contributed by atoms with Crippen molar-refractivity contribution in [3.05, 3.63) is 0 Å². The first-order valence-electron chi connectivity index (χ1n) is 7.70. The van der Waals surface area contributed by atoms with E-state index in [-0.39, 0.29) is 13.0 Å². The fourth-order valence-corrected chi connectivity index (χ4v) is 2.15. The van der Waals surface area contributed by atoms with Crippen LogP contribution >= 0.6 is 0 Å². The molecule has 5 atom stereocenters. The van der Waals surface area contributed by atoms with Crippen molar-refractivity contribution in [1.29, 1.82) is 0 Å². The maximum atomic E-state index is 9.93. The van der Waals surface area contributed by atoms with Gasteiger partial charge in [0.25, 0.3) is 0 Å². The van der Waals surface area contributed by atoms with E-state index in [1.807, 2.05) is 0 Å². The van der Waals surface area contributed by atoms with Crippen molar-refractivity contribution in [3.8, 4) is 0 Å². The highest BCUT2D eigenvalue weighted by atomic mass is 16.4. The maximum Gasteiger partial charge on any atom is 0.118 e. The van der Waals surface area contributed by atoms with Gasteiger partial charge in [0.2, 0.25) is 0 Å². The zero-order valence-corrected chi connectivity index (χ0v) is 14.1. The number of aliphatic hydroxyl groups is 8. The molecule has 0 heterocycles. The van der Waals surface area contributed by atoms with Crippen molar-refractivity contribution >= 4 is 0 Å². The third-order valence-electron chi connectivity index (χ3n) is 3.78. The second-order valence-corrected chi connectivity index (χ2v) is 6.87. The molecule has 146 valence electrons. The second kappa shape index (κ2) is 9.92. The van der Waals surface area contributed by atoms with E-state index in [9.17, 15) is 20.4 Å². The number of nitrogens with one attached hydrogen (secondary N) is 1. The van der Waals surface area contributed by atoms with Crippen LogP contribution in [-0.4, -0.2) is 109 Å². The molecule has 0 aromatic heterocycles. The first-order valence-corrected chi connectivity index (χ1v) is 7.70. The molecule has 11 N–H and O–H groups in total. The Morgan fingerprint density at radius 2 is 1.54 bits per heavy atom. The van der Waals surface area contributed by atoms with Crippen LogP contribution in [0.5, 0.6) is 0 Å². The fraction of sp³-hybridized carbons (Fsp3) is 1.00. The molecule has 10 heteroatoms. The predicted octanol–water partition coefficient (Wildman–Crippen LogP) is -4.78. The van der Waals surface area contributed by atoms with Crippen LogP contribution in [0, 0.1) is 0 Å². The lowest BCUT2D eigenvalue weighted by atomic mass is 9.76. The molecule has 0 saturated heterocycles. The van der Waals surface area contributed by atoms with Crippen molar-refractivity contribution < 1.29 is 40.9 Å². The molecule has 1 rings (SSSR count). The summed E-state index contributed by atoms with van der Waals surface area (Å²) in [4.78, 5) is 0. The zero-order chi connectivity index (χ0) is 19.1. The fourth-order valence-electron chi connectivity index (χ4n) is 2.15. The molecular weight excluding hydrogens is 324 g/mol. The van der Waals surface area contributed by atoms with Crippen LogP contribution in [0.15, 0.2) is 0 Å². The zero-order valence-electron chi connectivity index (χ0n) is 14.1. The molecule has 1 aliphatic carbocycles. The lowest BCUT2D eigenvalue weighted by Crippen LogP contribution is -2.68. The predicted molar refractivity (Wildman–Crippen MR) is 84.9 cm³/mol. The molecule has 0 aromatic rings. The summed E-state index contributed by atoms with van der Waals surface area (Å²) in [5.74, 6) is 0. The minimum absolute atomic E-state index is 0.0486. The van der Waals surface area contributed by atoms with Crippen LogP contribution in [0.3, 0.4) is 0 Å². The minimum atomic E-state index is -1.94.